The Morgan fingerprint density at radius 2 is 2.14 bits per heavy atom. The van der Waals surface area contributed by atoms with Crippen LogP contribution in [-0.2, 0) is 11.3 Å². The molecule has 2 aliphatic heterocycles. The van der Waals surface area contributed by atoms with Crippen LogP contribution in [0.1, 0.15) is 25.8 Å². The Morgan fingerprint density at radius 1 is 1.36 bits per heavy atom. The first-order chi connectivity index (χ1) is 10.7. The van der Waals surface area contributed by atoms with Gasteiger partial charge in [0.05, 0.1) is 25.4 Å². The third-order valence-corrected chi connectivity index (χ3v) is 4.05. The Bertz CT molecular complexity index is 656. The van der Waals surface area contributed by atoms with Crippen molar-refractivity contribution in [2.24, 2.45) is 0 Å². The number of benzene rings is 1. The molecule has 2 heterocycles. The molecule has 2 aliphatic rings. The van der Waals surface area contributed by atoms with E-state index in [2.05, 4.69) is 28.7 Å². The first-order valence-corrected chi connectivity index (χ1v) is 7.65. The molecule has 0 aliphatic carbocycles. The number of guanidine groups is 1. The lowest BCUT2D eigenvalue weighted by molar-refractivity contribution is -0.0370. The lowest BCUT2D eigenvalue weighted by atomic mass is 10.1. The predicted octanol–water partition coefficient (Wildman–Crippen LogP) is 1.81. The summed E-state index contributed by atoms with van der Waals surface area (Å²) in [7, 11) is 0. The fourth-order valence-corrected chi connectivity index (χ4v) is 2.57. The maximum atomic E-state index is 13.5. The standard InChI is InChI=1S/C17H20FN3O/c1-3-16-12(2)8-19-17(20-16)21-9-14(10-21)22-11-13-6-4-5-7-15(13)18/h4-8,14H,3,9-11H2,1-2H3/p+1. The third kappa shape index (κ3) is 3.06. The summed E-state index contributed by atoms with van der Waals surface area (Å²) >= 11 is 0. The van der Waals surface area contributed by atoms with Gasteiger partial charge in [-0.3, -0.25) is 0 Å². The minimum Gasteiger partial charge on any atom is -0.367 e. The highest BCUT2D eigenvalue weighted by molar-refractivity contribution is 5.92. The van der Waals surface area contributed by atoms with Crippen LogP contribution < -0.4 is 9.98 Å². The maximum Gasteiger partial charge on any atom is 0.445 e. The van der Waals surface area contributed by atoms with Gasteiger partial charge in [0.25, 0.3) is 0 Å². The van der Waals surface area contributed by atoms with Crippen molar-refractivity contribution in [2.45, 2.75) is 33.0 Å². The van der Waals surface area contributed by atoms with Crippen molar-refractivity contribution in [3.8, 4) is 0 Å². The molecule has 0 aromatic heterocycles. The molecular weight excluding hydrogens is 281 g/mol. The zero-order valence-electron chi connectivity index (χ0n) is 13.0. The van der Waals surface area contributed by atoms with Gasteiger partial charge in [0.1, 0.15) is 11.9 Å². The molecule has 0 saturated carbocycles. The predicted molar refractivity (Wildman–Crippen MR) is 85.9 cm³/mol. The monoisotopic (exact) mass is 302 g/mol. The molecule has 0 bridgehead atoms. The van der Waals surface area contributed by atoms with E-state index in [9.17, 15) is 4.39 Å². The van der Waals surface area contributed by atoms with Crippen molar-refractivity contribution in [1.29, 1.82) is 0 Å². The number of likely N-dealkylation sites (tertiary alicyclic amines) is 1. The highest BCUT2D eigenvalue weighted by atomic mass is 19.1. The van der Waals surface area contributed by atoms with Crippen molar-refractivity contribution >= 4 is 12.2 Å². The summed E-state index contributed by atoms with van der Waals surface area (Å²) in [5, 5.41) is 3.37. The van der Waals surface area contributed by atoms with E-state index in [1.165, 1.54) is 17.3 Å². The Balaban J connectivity index is 1.49. The fraction of sp³-hybridized carbons (Fsp3) is 0.412. The Morgan fingerprint density at radius 3 is 2.86 bits per heavy atom. The lowest BCUT2D eigenvalue weighted by Gasteiger charge is -2.34. The van der Waals surface area contributed by atoms with Crippen molar-refractivity contribution < 1.29 is 9.13 Å². The van der Waals surface area contributed by atoms with Gasteiger partial charge in [-0.25, -0.2) is 19.3 Å². The molecule has 0 atom stereocenters. The van der Waals surface area contributed by atoms with Crippen molar-refractivity contribution in [2.75, 3.05) is 13.1 Å². The lowest BCUT2D eigenvalue weighted by Crippen LogP contribution is -2.59. The zero-order valence-corrected chi connectivity index (χ0v) is 13.0. The van der Waals surface area contributed by atoms with Gasteiger partial charge in [-0.2, -0.15) is 0 Å². The molecular formula is C17H21FN3O+. The van der Waals surface area contributed by atoms with Gasteiger partial charge in [0.2, 0.25) is 0 Å². The molecule has 1 aromatic carbocycles. The van der Waals surface area contributed by atoms with E-state index in [0.717, 1.165) is 25.5 Å². The van der Waals surface area contributed by atoms with Crippen molar-refractivity contribution in [3.05, 3.63) is 46.9 Å². The minimum atomic E-state index is -0.209. The Kier molecular flexibility index (Phi) is 4.27. The number of nitrogens with zero attached hydrogens (tertiary/aromatic N) is 2. The van der Waals surface area contributed by atoms with E-state index in [1.54, 1.807) is 12.1 Å². The first kappa shape index (κ1) is 14.8. The Labute approximate surface area is 130 Å². The molecule has 4 nitrogen and oxygen atoms in total. The molecule has 5 heteroatoms. The quantitative estimate of drug-likeness (QED) is 0.862. The smallest absolute Gasteiger partial charge is 0.367 e. The molecule has 1 fully saturated rings. The molecule has 1 N–H and O–H groups in total. The van der Waals surface area contributed by atoms with Gasteiger partial charge >= 0.3 is 5.96 Å². The van der Waals surface area contributed by atoms with E-state index < -0.39 is 0 Å². The normalized spacial score (nSPS) is 18.1. The second kappa shape index (κ2) is 6.34. The van der Waals surface area contributed by atoms with Crippen LogP contribution in [-0.4, -0.2) is 36.3 Å². The molecule has 0 spiro atoms. The summed E-state index contributed by atoms with van der Waals surface area (Å²) in [6.07, 6.45) is 2.99. The second-order valence-electron chi connectivity index (χ2n) is 5.65. The summed E-state index contributed by atoms with van der Waals surface area (Å²) < 4.78 is 23.7. The zero-order chi connectivity index (χ0) is 15.5. The van der Waals surface area contributed by atoms with Crippen LogP contribution in [0.15, 0.2) is 35.5 Å². The number of rotatable bonds is 4. The average Bonchev–Trinajstić information content (AvgIpc) is 2.48. The van der Waals surface area contributed by atoms with Crippen LogP contribution in [0.2, 0.25) is 0 Å². The SMILES string of the molecule is CCC1=C(C)C=[N+]=C(N2CC(OCc3ccccc3F)C2)N1. The summed E-state index contributed by atoms with van der Waals surface area (Å²) in [4.78, 5) is 2.14. The molecule has 116 valence electrons. The van der Waals surface area contributed by atoms with Gasteiger partial charge in [0, 0.05) is 11.1 Å². The van der Waals surface area contributed by atoms with E-state index in [4.69, 9.17) is 4.74 Å². The van der Waals surface area contributed by atoms with Gasteiger partial charge in [-0.15, -0.1) is 0 Å². The van der Waals surface area contributed by atoms with Crippen LogP contribution in [0.25, 0.3) is 0 Å². The molecule has 0 radical (unpaired) electrons. The van der Waals surface area contributed by atoms with Gasteiger partial charge in [0.15, 0.2) is 6.21 Å². The summed E-state index contributed by atoms with van der Waals surface area (Å²) in [6.45, 7) is 6.06. The van der Waals surface area contributed by atoms with Crippen LogP contribution in [0.3, 0.4) is 0 Å². The molecule has 0 unspecified atom stereocenters. The number of halogens is 1. The summed E-state index contributed by atoms with van der Waals surface area (Å²) in [5.74, 6) is 0.674. The van der Waals surface area contributed by atoms with Crippen molar-refractivity contribution in [3.63, 3.8) is 0 Å². The molecule has 1 aromatic rings. The van der Waals surface area contributed by atoms with E-state index in [1.807, 2.05) is 12.3 Å². The topological polar surface area (TPSA) is 38.6 Å². The van der Waals surface area contributed by atoms with Crippen LogP contribution in [0.4, 0.5) is 4.39 Å². The fourth-order valence-electron chi connectivity index (χ4n) is 2.57. The largest absolute Gasteiger partial charge is 0.445 e. The molecule has 1 saturated heterocycles. The van der Waals surface area contributed by atoms with Gasteiger partial charge in [-0.05, 0) is 19.4 Å². The van der Waals surface area contributed by atoms with Crippen LogP contribution in [0.5, 0.6) is 0 Å². The van der Waals surface area contributed by atoms with Crippen molar-refractivity contribution in [1.82, 2.24) is 14.9 Å². The number of allylic oxidation sites excluding steroid dienone is 2. The third-order valence-electron chi connectivity index (χ3n) is 4.05. The van der Waals surface area contributed by atoms with E-state index in [0.29, 0.717) is 12.2 Å². The molecule has 22 heavy (non-hydrogen) atoms. The van der Waals surface area contributed by atoms with Crippen LogP contribution in [0, 0.1) is 5.82 Å². The Hall–Kier alpha value is -2.10. The summed E-state index contributed by atoms with van der Waals surface area (Å²) in [5.41, 5.74) is 2.99. The van der Waals surface area contributed by atoms with E-state index >= 15 is 0 Å². The van der Waals surface area contributed by atoms with Gasteiger partial charge in [-0.1, -0.05) is 25.1 Å². The molecule has 3 rings (SSSR count). The summed E-state index contributed by atoms with van der Waals surface area (Å²) in [6, 6.07) is 6.73. The molecule has 0 amide bonds. The average molecular weight is 302 g/mol. The minimum absolute atomic E-state index is 0.126. The first-order valence-electron chi connectivity index (χ1n) is 7.65. The second-order valence-corrected chi connectivity index (χ2v) is 5.65. The maximum absolute atomic E-state index is 13.5. The highest BCUT2D eigenvalue weighted by Gasteiger charge is 2.38. The highest BCUT2D eigenvalue weighted by Crippen LogP contribution is 2.16. The number of hydrogen-bond acceptors (Lipinski definition) is 3. The number of ether oxygens (including phenoxy) is 1. The van der Waals surface area contributed by atoms with E-state index in [-0.39, 0.29) is 11.9 Å². The van der Waals surface area contributed by atoms with Crippen LogP contribution >= 0.6 is 0 Å². The number of nitrogens with one attached hydrogen (secondary N) is 1. The number of hydrogen-bond donors (Lipinski definition) is 1. The van der Waals surface area contributed by atoms with Gasteiger partial charge < -0.3 is 4.74 Å².